The second-order valence-electron chi connectivity index (χ2n) is 3.46. The number of carbonyl (C=O) groups excluding carboxylic acids is 2. The Kier molecular flexibility index (Phi) is 2.28. The van der Waals surface area contributed by atoms with Crippen LogP contribution in [-0.4, -0.2) is 35.3 Å². The Bertz CT molecular complexity index is 288. The van der Waals surface area contributed by atoms with Crippen LogP contribution in [0.4, 0.5) is 0 Å². The average Bonchev–Trinajstić information content (AvgIpc) is 2.09. The van der Waals surface area contributed by atoms with Crippen LogP contribution in [0.5, 0.6) is 0 Å². The maximum atomic E-state index is 11.4. The molecular formula is C9H12N2O2. The summed E-state index contributed by atoms with van der Waals surface area (Å²) in [6.45, 7) is 3.58. The Hall–Kier alpha value is -1.50. The van der Waals surface area contributed by atoms with E-state index in [0.29, 0.717) is 0 Å². The van der Waals surface area contributed by atoms with Crippen molar-refractivity contribution in [2.45, 2.75) is 19.4 Å². The molecular weight excluding hydrogens is 168 g/mol. The van der Waals surface area contributed by atoms with Crippen molar-refractivity contribution in [2.24, 2.45) is 0 Å². The maximum absolute atomic E-state index is 11.4. The Morgan fingerprint density at radius 3 is 2.69 bits per heavy atom. The number of hydrogen-bond donors (Lipinski definition) is 1. The largest absolute Gasteiger partial charge is 0.345 e. The first-order valence-electron chi connectivity index (χ1n) is 4.02. The van der Waals surface area contributed by atoms with E-state index in [1.807, 2.05) is 0 Å². The number of terminal acetylenes is 1. The first-order chi connectivity index (χ1) is 5.97. The monoisotopic (exact) mass is 180 g/mol. The molecule has 1 aliphatic heterocycles. The van der Waals surface area contributed by atoms with Gasteiger partial charge in [0.25, 0.3) is 0 Å². The summed E-state index contributed by atoms with van der Waals surface area (Å²) >= 11 is 0. The summed E-state index contributed by atoms with van der Waals surface area (Å²) in [5.41, 5.74) is -0.686. The summed E-state index contributed by atoms with van der Waals surface area (Å²) in [4.78, 5) is 23.8. The van der Waals surface area contributed by atoms with Crippen molar-refractivity contribution in [3.8, 4) is 12.3 Å². The minimum absolute atomic E-state index is 0.0456. The molecule has 0 aromatic rings. The highest BCUT2D eigenvalue weighted by Gasteiger charge is 2.33. The van der Waals surface area contributed by atoms with Crippen molar-refractivity contribution in [2.75, 3.05) is 13.1 Å². The molecule has 0 spiro atoms. The summed E-state index contributed by atoms with van der Waals surface area (Å²) in [5, 5.41) is 2.46. The molecule has 1 aliphatic rings. The van der Waals surface area contributed by atoms with Gasteiger partial charge in [0.2, 0.25) is 11.8 Å². The third-order valence-corrected chi connectivity index (χ3v) is 2.07. The quantitative estimate of drug-likeness (QED) is 0.545. The molecule has 70 valence electrons. The Balaban J connectivity index is 2.84. The van der Waals surface area contributed by atoms with Crippen LogP contribution < -0.4 is 5.32 Å². The molecule has 0 unspecified atom stereocenters. The maximum Gasteiger partial charge on any atom is 0.243 e. The zero-order valence-electron chi connectivity index (χ0n) is 7.76. The second-order valence-corrected chi connectivity index (χ2v) is 3.46. The van der Waals surface area contributed by atoms with E-state index in [1.54, 1.807) is 13.8 Å². The smallest absolute Gasteiger partial charge is 0.243 e. The molecule has 1 heterocycles. The van der Waals surface area contributed by atoms with Gasteiger partial charge in [0.1, 0.15) is 6.54 Å². The van der Waals surface area contributed by atoms with Crippen LogP contribution in [0.3, 0.4) is 0 Å². The van der Waals surface area contributed by atoms with Crippen LogP contribution in [0.2, 0.25) is 0 Å². The van der Waals surface area contributed by atoms with Crippen LogP contribution in [0.25, 0.3) is 0 Å². The molecule has 1 fully saturated rings. The number of amides is 2. The molecule has 1 rings (SSSR count). The van der Waals surface area contributed by atoms with Gasteiger partial charge in [0.05, 0.1) is 12.1 Å². The van der Waals surface area contributed by atoms with E-state index < -0.39 is 5.54 Å². The van der Waals surface area contributed by atoms with Crippen LogP contribution in [0, 0.1) is 12.3 Å². The Morgan fingerprint density at radius 2 is 2.15 bits per heavy atom. The third kappa shape index (κ3) is 1.81. The van der Waals surface area contributed by atoms with Gasteiger partial charge >= 0.3 is 0 Å². The summed E-state index contributed by atoms with van der Waals surface area (Å²) in [6, 6.07) is 0. The molecule has 13 heavy (non-hydrogen) atoms. The van der Waals surface area contributed by atoms with Gasteiger partial charge < -0.3 is 10.2 Å². The molecule has 2 amide bonds. The van der Waals surface area contributed by atoms with E-state index in [2.05, 4.69) is 11.2 Å². The van der Waals surface area contributed by atoms with Gasteiger partial charge in [-0.1, -0.05) is 5.92 Å². The highest BCUT2D eigenvalue weighted by atomic mass is 16.2. The fraction of sp³-hybridized carbons (Fsp3) is 0.556. The zero-order valence-corrected chi connectivity index (χ0v) is 7.76. The van der Waals surface area contributed by atoms with Crippen molar-refractivity contribution in [1.82, 2.24) is 10.2 Å². The minimum Gasteiger partial charge on any atom is -0.345 e. The number of rotatable bonds is 1. The molecule has 1 saturated heterocycles. The number of carbonyl (C=O) groups is 2. The van der Waals surface area contributed by atoms with Gasteiger partial charge in [-0.25, -0.2) is 0 Å². The van der Waals surface area contributed by atoms with Gasteiger partial charge in [-0.3, -0.25) is 9.59 Å². The van der Waals surface area contributed by atoms with E-state index >= 15 is 0 Å². The first kappa shape index (κ1) is 9.59. The Labute approximate surface area is 77.3 Å². The molecule has 1 N–H and O–H groups in total. The molecule has 0 aromatic carbocycles. The molecule has 4 heteroatoms. The highest BCUT2D eigenvalue weighted by molar-refractivity contribution is 5.93. The lowest BCUT2D eigenvalue weighted by Gasteiger charge is -2.36. The van der Waals surface area contributed by atoms with Gasteiger partial charge in [0.15, 0.2) is 0 Å². The van der Waals surface area contributed by atoms with Gasteiger partial charge in [-0.15, -0.1) is 6.42 Å². The zero-order chi connectivity index (χ0) is 10.1. The lowest BCUT2D eigenvalue weighted by atomic mass is 10.0. The molecule has 0 aromatic heterocycles. The summed E-state index contributed by atoms with van der Waals surface area (Å²) in [5.74, 6) is 2.19. The molecule has 0 saturated carbocycles. The van der Waals surface area contributed by atoms with Crippen LogP contribution in [0.15, 0.2) is 0 Å². The number of nitrogens with zero attached hydrogens (tertiary/aromatic N) is 1. The van der Waals surface area contributed by atoms with Crippen LogP contribution >= 0.6 is 0 Å². The fourth-order valence-electron chi connectivity index (χ4n) is 1.14. The molecule has 0 aliphatic carbocycles. The van der Waals surface area contributed by atoms with E-state index in [9.17, 15) is 9.59 Å². The standard InChI is InChI=1S/C9H12N2O2/c1-4-9(2,3)11-6-7(12)10-5-8(11)13/h1H,5-6H2,2-3H3,(H,10,12). The summed E-state index contributed by atoms with van der Waals surface area (Å²) < 4.78 is 0. The highest BCUT2D eigenvalue weighted by Crippen LogP contribution is 2.14. The average molecular weight is 180 g/mol. The minimum atomic E-state index is -0.686. The lowest BCUT2D eigenvalue weighted by Crippen LogP contribution is -2.58. The fourth-order valence-corrected chi connectivity index (χ4v) is 1.14. The van der Waals surface area contributed by atoms with Crippen molar-refractivity contribution < 1.29 is 9.59 Å². The van der Waals surface area contributed by atoms with Gasteiger partial charge in [-0.2, -0.15) is 0 Å². The molecule has 4 nitrogen and oxygen atoms in total. The van der Waals surface area contributed by atoms with E-state index in [1.165, 1.54) is 4.90 Å². The normalized spacial score (nSPS) is 18.1. The number of nitrogens with one attached hydrogen (secondary N) is 1. The lowest BCUT2D eigenvalue weighted by molar-refractivity contribution is -0.144. The summed E-state index contributed by atoms with van der Waals surface area (Å²) in [7, 11) is 0. The van der Waals surface area contributed by atoms with E-state index in [4.69, 9.17) is 6.42 Å². The summed E-state index contributed by atoms with van der Waals surface area (Å²) in [6.07, 6.45) is 5.27. The van der Waals surface area contributed by atoms with Gasteiger partial charge in [-0.05, 0) is 13.8 Å². The van der Waals surface area contributed by atoms with Crippen molar-refractivity contribution >= 4 is 11.8 Å². The predicted octanol–water partition coefficient (Wildman–Crippen LogP) is -0.643. The van der Waals surface area contributed by atoms with Crippen LogP contribution in [-0.2, 0) is 9.59 Å². The van der Waals surface area contributed by atoms with E-state index in [0.717, 1.165) is 0 Å². The van der Waals surface area contributed by atoms with E-state index in [-0.39, 0.29) is 24.9 Å². The SMILES string of the molecule is C#CC(C)(C)N1CC(=O)NCC1=O. The second kappa shape index (κ2) is 3.09. The first-order valence-corrected chi connectivity index (χ1v) is 4.02. The number of hydrogen-bond acceptors (Lipinski definition) is 2. The van der Waals surface area contributed by atoms with Crippen LogP contribution in [0.1, 0.15) is 13.8 Å². The molecule has 0 bridgehead atoms. The predicted molar refractivity (Wildman–Crippen MR) is 47.6 cm³/mol. The van der Waals surface area contributed by atoms with Crippen molar-refractivity contribution in [3.63, 3.8) is 0 Å². The van der Waals surface area contributed by atoms with Gasteiger partial charge in [0, 0.05) is 0 Å². The van der Waals surface area contributed by atoms with Crippen molar-refractivity contribution in [1.29, 1.82) is 0 Å². The third-order valence-electron chi connectivity index (χ3n) is 2.07. The number of piperazine rings is 1. The van der Waals surface area contributed by atoms with Crippen molar-refractivity contribution in [3.05, 3.63) is 0 Å². The molecule has 0 atom stereocenters. The Morgan fingerprint density at radius 1 is 1.54 bits per heavy atom. The topological polar surface area (TPSA) is 49.4 Å². The molecule has 0 radical (unpaired) electrons.